The summed E-state index contributed by atoms with van der Waals surface area (Å²) >= 11 is 1.56. The molecular formula is C21H28N6O2S. The number of anilines is 1. The van der Waals surface area contributed by atoms with Crippen LogP contribution in [0.4, 0.5) is 5.82 Å². The van der Waals surface area contributed by atoms with Crippen LogP contribution in [0.3, 0.4) is 0 Å². The lowest BCUT2D eigenvalue weighted by atomic mass is 9.88. The van der Waals surface area contributed by atoms with E-state index in [-0.39, 0.29) is 23.5 Å². The SMILES string of the molecule is C[C@H](Nc1cc(C(=O)N2CCC(O)CC2)nc(-c2cnn3ccsc23)n1)C(C)(C)C. The molecule has 1 aliphatic heterocycles. The molecule has 30 heavy (non-hydrogen) atoms. The normalized spacial score (nSPS) is 16.8. The number of nitrogens with zero attached hydrogens (tertiary/aromatic N) is 5. The molecule has 0 spiro atoms. The topological polar surface area (TPSA) is 95.7 Å². The molecule has 1 amide bonds. The second-order valence-electron chi connectivity index (χ2n) is 8.93. The number of amides is 1. The van der Waals surface area contributed by atoms with Crippen LogP contribution in [0.25, 0.3) is 16.2 Å². The van der Waals surface area contributed by atoms with E-state index in [0.717, 1.165) is 10.4 Å². The van der Waals surface area contributed by atoms with Crippen molar-refractivity contribution < 1.29 is 9.90 Å². The minimum Gasteiger partial charge on any atom is -0.393 e. The molecule has 3 aromatic rings. The van der Waals surface area contributed by atoms with Crippen LogP contribution in [0.15, 0.2) is 23.8 Å². The first kappa shape index (κ1) is 20.7. The molecule has 0 bridgehead atoms. The maximum atomic E-state index is 13.2. The van der Waals surface area contributed by atoms with E-state index < -0.39 is 0 Å². The fourth-order valence-corrected chi connectivity index (χ4v) is 4.09. The average molecular weight is 429 g/mol. The minimum atomic E-state index is -0.334. The Hall–Kier alpha value is -2.52. The number of hydrogen-bond acceptors (Lipinski definition) is 7. The monoisotopic (exact) mass is 428 g/mol. The van der Waals surface area contributed by atoms with Crippen LogP contribution in [-0.2, 0) is 0 Å². The van der Waals surface area contributed by atoms with Gasteiger partial charge in [0.15, 0.2) is 5.82 Å². The van der Waals surface area contributed by atoms with E-state index in [4.69, 9.17) is 4.98 Å². The molecule has 1 atom stereocenters. The molecule has 0 radical (unpaired) electrons. The van der Waals surface area contributed by atoms with Gasteiger partial charge in [-0.05, 0) is 25.2 Å². The summed E-state index contributed by atoms with van der Waals surface area (Å²) in [5.74, 6) is 0.976. The summed E-state index contributed by atoms with van der Waals surface area (Å²) in [5.41, 5.74) is 1.19. The van der Waals surface area contributed by atoms with Gasteiger partial charge in [0, 0.05) is 36.8 Å². The fourth-order valence-electron chi connectivity index (χ4n) is 3.30. The van der Waals surface area contributed by atoms with Crippen LogP contribution in [0.5, 0.6) is 0 Å². The van der Waals surface area contributed by atoms with Gasteiger partial charge in [-0.15, -0.1) is 11.3 Å². The van der Waals surface area contributed by atoms with Crippen LogP contribution in [0, 0.1) is 5.41 Å². The molecule has 0 saturated carbocycles. The standard InChI is InChI=1S/C21H28N6O2S/c1-13(21(2,3)4)23-17-11-16(19(29)26-7-5-14(28)6-8-26)24-18(25-17)15-12-22-27-9-10-30-20(15)27/h9-14,28H,5-8H2,1-4H3,(H,23,24,25)/t13-/m0/s1. The zero-order valence-electron chi connectivity index (χ0n) is 17.8. The molecule has 8 nitrogen and oxygen atoms in total. The molecule has 160 valence electrons. The van der Waals surface area contributed by atoms with Crippen molar-refractivity contribution in [1.29, 1.82) is 0 Å². The first-order valence-corrected chi connectivity index (χ1v) is 11.1. The molecule has 4 rings (SSSR count). The number of likely N-dealkylation sites (tertiary alicyclic amines) is 1. The van der Waals surface area contributed by atoms with Crippen LogP contribution in [0.1, 0.15) is 51.0 Å². The number of carbonyl (C=O) groups excluding carboxylic acids is 1. The second kappa shape index (κ2) is 7.96. The zero-order valence-corrected chi connectivity index (χ0v) is 18.6. The summed E-state index contributed by atoms with van der Waals surface area (Å²) in [5, 5.41) is 19.5. The quantitative estimate of drug-likeness (QED) is 0.662. The largest absolute Gasteiger partial charge is 0.393 e. The molecular weight excluding hydrogens is 400 g/mol. The second-order valence-corrected chi connectivity index (χ2v) is 9.82. The van der Waals surface area contributed by atoms with Gasteiger partial charge in [0.25, 0.3) is 5.91 Å². The van der Waals surface area contributed by atoms with E-state index in [2.05, 4.69) is 43.1 Å². The summed E-state index contributed by atoms with van der Waals surface area (Å²) in [6.45, 7) is 9.64. The van der Waals surface area contributed by atoms with Crippen molar-refractivity contribution in [3.63, 3.8) is 0 Å². The molecule has 1 saturated heterocycles. The van der Waals surface area contributed by atoms with Crippen molar-refractivity contribution in [2.24, 2.45) is 5.41 Å². The summed E-state index contributed by atoms with van der Waals surface area (Å²) in [7, 11) is 0. The molecule has 4 heterocycles. The minimum absolute atomic E-state index is 0.0248. The van der Waals surface area contributed by atoms with Gasteiger partial charge in [-0.1, -0.05) is 20.8 Å². The maximum absolute atomic E-state index is 13.2. The van der Waals surface area contributed by atoms with E-state index in [9.17, 15) is 9.90 Å². The van der Waals surface area contributed by atoms with Gasteiger partial charge in [0.2, 0.25) is 0 Å². The summed E-state index contributed by atoms with van der Waals surface area (Å²) < 4.78 is 1.79. The Labute approximate surface area is 180 Å². The Bertz CT molecular complexity index is 1050. The number of piperidine rings is 1. The van der Waals surface area contributed by atoms with Gasteiger partial charge in [-0.25, -0.2) is 14.5 Å². The fraction of sp³-hybridized carbons (Fsp3) is 0.524. The van der Waals surface area contributed by atoms with Crippen LogP contribution >= 0.6 is 11.3 Å². The van der Waals surface area contributed by atoms with Crippen molar-refractivity contribution in [1.82, 2.24) is 24.5 Å². The molecule has 0 aliphatic carbocycles. The molecule has 9 heteroatoms. The van der Waals surface area contributed by atoms with Crippen molar-refractivity contribution in [2.75, 3.05) is 18.4 Å². The van der Waals surface area contributed by atoms with Gasteiger partial charge in [-0.2, -0.15) is 5.10 Å². The Balaban J connectivity index is 1.72. The van der Waals surface area contributed by atoms with Gasteiger partial charge in [0.05, 0.1) is 17.9 Å². The van der Waals surface area contributed by atoms with Gasteiger partial charge >= 0.3 is 0 Å². The number of aliphatic hydroxyl groups excluding tert-OH is 1. The van der Waals surface area contributed by atoms with Gasteiger partial charge in [-0.3, -0.25) is 4.79 Å². The number of carbonyl (C=O) groups is 1. The van der Waals surface area contributed by atoms with Crippen molar-refractivity contribution in [3.8, 4) is 11.4 Å². The number of aromatic nitrogens is 4. The highest BCUT2D eigenvalue weighted by Crippen LogP contribution is 2.28. The Morgan fingerprint density at radius 3 is 2.73 bits per heavy atom. The average Bonchev–Trinajstić information content (AvgIpc) is 3.30. The zero-order chi connectivity index (χ0) is 21.5. The number of aliphatic hydroxyl groups is 1. The van der Waals surface area contributed by atoms with Crippen molar-refractivity contribution in [2.45, 2.75) is 52.7 Å². The Morgan fingerprint density at radius 1 is 1.30 bits per heavy atom. The predicted octanol–water partition coefficient (Wildman–Crippen LogP) is 3.30. The van der Waals surface area contributed by atoms with Crippen molar-refractivity contribution in [3.05, 3.63) is 29.5 Å². The van der Waals surface area contributed by atoms with Gasteiger partial charge < -0.3 is 15.3 Å². The Kier molecular flexibility index (Phi) is 5.50. The summed E-state index contributed by atoms with van der Waals surface area (Å²) in [4.78, 5) is 25.2. The third-order valence-corrected chi connectivity index (χ3v) is 6.62. The van der Waals surface area contributed by atoms with E-state index in [0.29, 0.717) is 43.3 Å². The van der Waals surface area contributed by atoms with Crippen LogP contribution < -0.4 is 5.32 Å². The highest BCUT2D eigenvalue weighted by molar-refractivity contribution is 7.16. The predicted molar refractivity (Wildman–Crippen MR) is 118 cm³/mol. The van der Waals surface area contributed by atoms with Crippen LogP contribution in [-0.4, -0.2) is 60.7 Å². The molecule has 1 fully saturated rings. The molecule has 0 unspecified atom stereocenters. The first-order valence-electron chi connectivity index (χ1n) is 10.3. The summed E-state index contributed by atoms with van der Waals surface area (Å²) in [6.07, 6.45) is 4.48. The maximum Gasteiger partial charge on any atom is 0.272 e. The van der Waals surface area contributed by atoms with E-state index in [1.165, 1.54) is 0 Å². The summed E-state index contributed by atoms with van der Waals surface area (Å²) in [6, 6.07) is 1.87. The third-order valence-electron chi connectivity index (χ3n) is 5.73. The highest BCUT2D eigenvalue weighted by atomic mass is 32.1. The first-order chi connectivity index (χ1) is 14.2. The number of rotatable bonds is 4. The molecule has 1 aliphatic rings. The molecule has 3 aromatic heterocycles. The lowest BCUT2D eigenvalue weighted by Crippen LogP contribution is -2.40. The van der Waals surface area contributed by atoms with Crippen LogP contribution in [0.2, 0.25) is 0 Å². The van der Waals surface area contributed by atoms with E-state index in [1.54, 1.807) is 33.0 Å². The Morgan fingerprint density at radius 2 is 2.03 bits per heavy atom. The van der Waals surface area contributed by atoms with E-state index >= 15 is 0 Å². The van der Waals surface area contributed by atoms with E-state index in [1.807, 2.05) is 11.6 Å². The lowest BCUT2D eigenvalue weighted by molar-refractivity contribution is 0.0541. The number of hydrogen-bond donors (Lipinski definition) is 2. The number of nitrogens with one attached hydrogen (secondary N) is 1. The number of fused-ring (bicyclic) bond motifs is 1. The highest BCUT2D eigenvalue weighted by Gasteiger charge is 2.26. The van der Waals surface area contributed by atoms with Crippen molar-refractivity contribution >= 4 is 27.9 Å². The lowest BCUT2D eigenvalue weighted by Gasteiger charge is -2.30. The molecule has 2 N–H and O–H groups in total. The number of thiazole rings is 1. The smallest absolute Gasteiger partial charge is 0.272 e. The third kappa shape index (κ3) is 4.17. The van der Waals surface area contributed by atoms with Gasteiger partial charge in [0.1, 0.15) is 16.3 Å². The molecule has 0 aromatic carbocycles.